The molecule has 192 valence electrons. The van der Waals surface area contributed by atoms with E-state index in [-0.39, 0.29) is 5.56 Å². The zero-order valence-electron chi connectivity index (χ0n) is 20.5. The molecule has 0 radical (unpaired) electrons. The van der Waals surface area contributed by atoms with Crippen molar-refractivity contribution in [1.82, 2.24) is 10.2 Å². The molecule has 0 aliphatic carbocycles. The molecule has 1 atom stereocenters. The number of nitrogens with one attached hydrogen (secondary N) is 1. The highest BCUT2D eigenvalue weighted by molar-refractivity contribution is 5.44. The Morgan fingerprint density at radius 3 is 2.38 bits per heavy atom. The molecule has 1 aromatic rings. The monoisotopic (exact) mass is 490 g/mol. The number of benzene rings is 1. The third kappa shape index (κ3) is 10.3. The van der Waals surface area contributed by atoms with Gasteiger partial charge in [0.25, 0.3) is 0 Å². The summed E-state index contributed by atoms with van der Waals surface area (Å²) in [4.78, 5) is 1.82. The van der Waals surface area contributed by atoms with Gasteiger partial charge in [-0.3, -0.25) is 4.90 Å². The number of alkyl halides is 5. The highest BCUT2D eigenvalue weighted by Gasteiger charge is 2.33. The molecule has 0 heterocycles. The molecule has 9 heteroatoms. The minimum Gasteiger partial charge on any atom is -0.434 e. The van der Waals surface area contributed by atoms with Crippen LogP contribution in [-0.4, -0.2) is 42.4 Å². The second kappa shape index (κ2) is 12.9. The highest BCUT2D eigenvalue weighted by atomic mass is 19.4. The average Bonchev–Trinajstić information content (AvgIpc) is 2.70. The fraction of sp³-hybridized carbons (Fsp3) is 0.520. The lowest BCUT2D eigenvalue weighted by Crippen LogP contribution is -2.34. The number of hydrogen-bond donors (Lipinski definition) is 2. The number of halogens is 5. The van der Waals surface area contributed by atoms with Crippen LogP contribution in [0.5, 0.6) is 5.75 Å². The number of ether oxygens (including phenoxy) is 1. The Morgan fingerprint density at radius 2 is 1.85 bits per heavy atom. The van der Waals surface area contributed by atoms with Crippen LogP contribution in [0.2, 0.25) is 0 Å². The third-order valence-corrected chi connectivity index (χ3v) is 4.94. The molecule has 1 rings (SSSR count). The van der Waals surface area contributed by atoms with Crippen LogP contribution in [0.15, 0.2) is 53.8 Å². The maximum atomic E-state index is 13.2. The number of allylic oxidation sites excluding steroid dienone is 4. The molecule has 0 saturated carbocycles. The number of aliphatic hydroxyl groups is 1. The fourth-order valence-electron chi connectivity index (χ4n) is 3.23. The van der Waals surface area contributed by atoms with Gasteiger partial charge in [0.1, 0.15) is 5.75 Å². The zero-order valence-corrected chi connectivity index (χ0v) is 20.5. The topological polar surface area (TPSA) is 44.7 Å². The SMILES string of the molecule is CC/C=C\C=C(/C)C(c1ccc(C(F)(F)F)cc1OC(F)F)N(C)C/C=C(\C)NCC(C)(C)O. The van der Waals surface area contributed by atoms with E-state index in [1.807, 2.05) is 37.0 Å². The molecule has 2 N–H and O–H groups in total. The summed E-state index contributed by atoms with van der Waals surface area (Å²) in [6, 6.07) is 2.04. The maximum Gasteiger partial charge on any atom is 0.416 e. The van der Waals surface area contributed by atoms with E-state index in [0.717, 1.165) is 23.8 Å². The molecule has 0 aliphatic heterocycles. The van der Waals surface area contributed by atoms with E-state index in [0.29, 0.717) is 19.2 Å². The van der Waals surface area contributed by atoms with Gasteiger partial charge in [0.2, 0.25) is 0 Å². The lowest BCUT2D eigenvalue weighted by Gasteiger charge is -2.30. The van der Waals surface area contributed by atoms with Gasteiger partial charge >= 0.3 is 12.8 Å². The molecule has 0 amide bonds. The summed E-state index contributed by atoms with van der Waals surface area (Å²) in [7, 11) is 1.75. The highest BCUT2D eigenvalue weighted by Crippen LogP contribution is 2.39. The van der Waals surface area contributed by atoms with Crippen molar-refractivity contribution in [3.8, 4) is 5.75 Å². The Hall–Kier alpha value is -2.39. The van der Waals surface area contributed by atoms with Crippen LogP contribution in [0.25, 0.3) is 0 Å². The number of hydrogen-bond acceptors (Lipinski definition) is 4. The predicted molar refractivity (Wildman–Crippen MR) is 125 cm³/mol. The number of likely N-dealkylation sites (N-methyl/N-ethyl adjacent to an activating group) is 1. The van der Waals surface area contributed by atoms with Crippen molar-refractivity contribution in [1.29, 1.82) is 0 Å². The lowest BCUT2D eigenvalue weighted by molar-refractivity contribution is -0.138. The first-order valence-electron chi connectivity index (χ1n) is 11.0. The minimum absolute atomic E-state index is 0.199. The molecule has 0 fully saturated rings. The molecule has 34 heavy (non-hydrogen) atoms. The molecule has 1 aromatic carbocycles. The van der Waals surface area contributed by atoms with Crippen LogP contribution in [0.4, 0.5) is 22.0 Å². The Bertz CT molecular complexity index is 871. The second-order valence-corrected chi connectivity index (χ2v) is 8.77. The molecule has 4 nitrogen and oxygen atoms in total. The van der Waals surface area contributed by atoms with Crippen LogP contribution >= 0.6 is 0 Å². The van der Waals surface area contributed by atoms with Crippen molar-refractivity contribution in [2.75, 3.05) is 20.1 Å². The summed E-state index contributed by atoms with van der Waals surface area (Å²) >= 11 is 0. The van der Waals surface area contributed by atoms with Crippen LogP contribution in [0.1, 0.15) is 58.2 Å². The summed E-state index contributed by atoms with van der Waals surface area (Å²) < 4.78 is 70.4. The van der Waals surface area contributed by atoms with Gasteiger partial charge in [-0.2, -0.15) is 22.0 Å². The maximum absolute atomic E-state index is 13.2. The Morgan fingerprint density at radius 1 is 1.21 bits per heavy atom. The lowest BCUT2D eigenvalue weighted by atomic mass is 9.95. The van der Waals surface area contributed by atoms with Crippen molar-refractivity contribution >= 4 is 0 Å². The smallest absolute Gasteiger partial charge is 0.416 e. The molecule has 0 aliphatic rings. The van der Waals surface area contributed by atoms with Gasteiger partial charge < -0.3 is 15.2 Å². The summed E-state index contributed by atoms with van der Waals surface area (Å²) in [6.45, 7) is 6.32. The normalized spacial score (nSPS) is 14.9. The van der Waals surface area contributed by atoms with Crippen LogP contribution in [0, 0.1) is 0 Å². The Balaban J connectivity index is 3.42. The fourth-order valence-corrected chi connectivity index (χ4v) is 3.23. The molecule has 0 aromatic heterocycles. The van der Waals surface area contributed by atoms with Gasteiger partial charge in [-0.15, -0.1) is 0 Å². The van der Waals surface area contributed by atoms with Crippen LogP contribution in [0.3, 0.4) is 0 Å². The van der Waals surface area contributed by atoms with E-state index in [9.17, 15) is 27.1 Å². The Kier molecular flexibility index (Phi) is 11.2. The van der Waals surface area contributed by atoms with E-state index in [2.05, 4.69) is 10.1 Å². The van der Waals surface area contributed by atoms with Gasteiger partial charge in [0.05, 0.1) is 17.2 Å². The first kappa shape index (κ1) is 29.6. The zero-order chi connectivity index (χ0) is 26.1. The Labute approximate surface area is 198 Å². The average molecular weight is 491 g/mol. The molecule has 0 saturated heterocycles. The molecule has 0 spiro atoms. The summed E-state index contributed by atoms with van der Waals surface area (Å²) in [6.07, 6.45) is 3.48. The molecule has 0 bridgehead atoms. The van der Waals surface area contributed by atoms with Gasteiger partial charge in [0, 0.05) is 24.4 Å². The van der Waals surface area contributed by atoms with Crippen molar-refractivity contribution in [2.45, 2.75) is 65.5 Å². The van der Waals surface area contributed by atoms with Crippen LogP contribution in [-0.2, 0) is 6.18 Å². The third-order valence-electron chi connectivity index (χ3n) is 4.94. The molecule has 1 unspecified atom stereocenters. The van der Waals surface area contributed by atoms with E-state index in [4.69, 9.17) is 0 Å². The van der Waals surface area contributed by atoms with Gasteiger partial charge in [-0.1, -0.05) is 42.9 Å². The van der Waals surface area contributed by atoms with Gasteiger partial charge in [0.15, 0.2) is 0 Å². The standard InChI is InChI=1S/C25H35F5N2O2/c1-7-8-9-10-17(2)22(32(6)14-13-18(3)31-16-24(4,5)33)20-12-11-19(25(28,29)30)15-21(20)34-23(26)27/h8-13,15,22-23,31,33H,7,14,16H2,1-6H3/b9-8-,17-10+,18-13+. The first-order chi connectivity index (χ1) is 15.7. The van der Waals surface area contributed by atoms with Crippen molar-refractivity contribution in [2.24, 2.45) is 0 Å². The van der Waals surface area contributed by atoms with E-state index < -0.39 is 35.7 Å². The summed E-state index contributed by atoms with van der Waals surface area (Å²) in [5.41, 5.74) is -0.244. The quantitative estimate of drug-likeness (QED) is 0.261. The number of nitrogens with zero attached hydrogens (tertiary/aromatic N) is 1. The van der Waals surface area contributed by atoms with Crippen molar-refractivity contribution in [3.05, 3.63) is 64.9 Å². The van der Waals surface area contributed by atoms with E-state index in [1.54, 1.807) is 33.9 Å². The second-order valence-electron chi connectivity index (χ2n) is 8.77. The van der Waals surface area contributed by atoms with Crippen molar-refractivity contribution in [3.63, 3.8) is 0 Å². The first-order valence-corrected chi connectivity index (χ1v) is 11.0. The summed E-state index contributed by atoms with van der Waals surface area (Å²) in [5, 5.41) is 13.0. The minimum atomic E-state index is -4.69. The summed E-state index contributed by atoms with van der Waals surface area (Å²) in [5.74, 6) is -0.519. The number of rotatable bonds is 12. The van der Waals surface area contributed by atoms with E-state index in [1.165, 1.54) is 6.07 Å². The van der Waals surface area contributed by atoms with E-state index >= 15 is 0 Å². The van der Waals surface area contributed by atoms with Crippen molar-refractivity contribution < 1.29 is 31.8 Å². The predicted octanol–water partition coefficient (Wildman–Crippen LogP) is 6.46. The van der Waals surface area contributed by atoms with Crippen LogP contribution < -0.4 is 10.1 Å². The van der Waals surface area contributed by atoms with Gasteiger partial charge in [-0.25, -0.2) is 0 Å². The van der Waals surface area contributed by atoms with Gasteiger partial charge in [-0.05, 0) is 53.3 Å². The largest absolute Gasteiger partial charge is 0.434 e. The molecular weight excluding hydrogens is 455 g/mol. The molecular formula is C25H35F5N2O2.